The van der Waals surface area contributed by atoms with Gasteiger partial charge in [-0.05, 0) is 74.8 Å². The molecule has 0 aromatic carbocycles. The Morgan fingerprint density at radius 1 is 1.21 bits per heavy atom. The fourth-order valence-electron chi connectivity index (χ4n) is 5.82. The number of fused-ring (bicyclic) bond motifs is 1. The molecule has 2 aromatic rings. The summed E-state index contributed by atoms with van der Waals surface area (Å²) in [7, 11) is 0. The second-order valence-corrected chi connectivity index (χ2v) is 9.80. The average Bonchev–Trinajstić information content (AvgIpc) is 2.53. The highest BCUT2D eigenvalue weighted by Gasteiger charge is 2.51. The van der Waals surface area contributed by atoms with Crippen LogP contribution in [0.3, 0.4) is 0 Å². The molecule has 4 aliphatic rings. The molecule has 0 aliphatic heterocycles. The summed E-state index contributed by atoms with van der Waals surface area (Å²) in [6.45, 7) is 2.03. The zero-order valence-corrected chi connectivity index (χ0v) is 15.0. The smallest absolute Gasteiger partial charge is 0.258 e. The minimum atomic E-state index is 0.0461. The molecular formula is C20H24N2OS. The van der Waals surface area contributed by atoms with Crippen LogP contribution in [0.4, 0.5) is 0 Å². The van der Waals surface area contributed by atoms with E-state index < -0.39 is 0 Å². The third-order valence-corrected chi connectivity index (χ3v) is 8.00. The fourth-order valence-corrected chi connectivity index (χ4v) is 7.48. The third kappa shape index (κ3) is 2.42. The van der Waals surface area contributed by atoms with Gasteiger partial charge in [-0.25, -0.2) is 4.98 Å². The lowest BCUT2D eigenvalue weighted by Crippen LogP contribution is -2.48. The van der Waals surface area contributed by atoms with Crippen LogP contribution in [0.1, 0.15) is 49.8 Å². The van der Waals surface area contributed by atoms with E-state index in [0.717, 1.165) is 40.4 Å². The predicted octanol–water partition coefficient (Wildman–Crippen LogP) is 4.20. The molecule has 4 aliphatic carbocycles. The van der Waals surface area contributed by atoms with Gasteiger partial charge in [0.2, 0.25) is 0 Å². The zero-order valence-electron chi connectivity index (χ0n) is 14.2. The zero-order chi connectivity index (χ0) is 16.3. The highest BCUT2D eigenvalue weighted by molar-refractivity contribution is 7.99. The monoisotopic (exact) mass is 340 g/mol. The number of rotatable bonds is 3. The summed E-state index contributed by atoms with van der Waals surface area (Å²) in [6, 6.07) is 5.67. The predicted molar refractivity (Wildman–Crippen MR) is 98.4 cm³/mol. The molecule has 2 heterocycles. The second-order valence-electron chi connectivity index (χ2n) is 8.36. The van der Waals surface area contributed by atoms with Gasteiger partial charge in [-0.15, -0.1) is 11.8 Å². The Hall–Kier alpha value is -1.29. The quantitative estimate of drug-likeness (QED) is 0.839. The van der Waals surface area contributed by atoms with E-state index in [0.29, 0.717) is 4.75 Å². The fraction of sp³-hybridized carbons (Fsp3) is 0.600. The van der Waals surface area contributed by atoms with Gasteiger partial charge < -0.3 is 0 Å². The number of hydrogen-bond donors (Lipinski definition) is 0. The maximum absolute atomic E-state index is 12.4. The number of aryl methyl sites for hydroxylation is 1. The van der Waals surface area contributed by atoms with Crippen LogP contribution in [0.25, 0.3) is 5.65 Å². The molecule has 0 unspecified atom stereocenters. The Morgan fingerprint density at radius 3 is 2.54 bits per heavy atom. The van der Waals surface area contributed by atoms with Crippen LogP contribution in [0.15, 0.2) is 29.2 Å². The molecule has 4 heteroatoms. The van der Waals surface area contributed by atoms with E-state index in [1.54, 1.807) is 10.5 Å². The van der Waals surface area contributed by atoms with Crippen LogP contribution in [0.5, 0.6) is 0 Å². The van der Waals surface area contributed by atoms with Gasteiger partial charge in [-0.2, -0.15) is 0 Å². The molecule has 4 bridgehead atoms. The summed E-state index contributed by atoms with van der Waals surface area (Å²) >= 11 is 2.10. The van der Waals surface area contributed by atoms with E-state index in [4.69, 9.17) is 4.98 Å². The Morgan fingerprint density at radius 2 is 1.88 bits per heavy atom. The standard InChI is InChI=1S/C20H24N2OS/c1-13-3-2-4-22-18(23)8-17(21-19(13)22)12-24-20-9-14-5-15(10-20)7-16(6-14)11-20/h2-4,8,14-16H,5-7,9-12H2,1H3. The van der Waals surface area contributed by atoms with E-state index in [1.165, 1.54) is 38.5 Å². The maximum Gasteiger partial charge on any atom is 0.258 e. The van der Waals surface area contributed by atoms with Gasteiger partial charge in [0.25, 0.3) is 5.56 Å². The molecule has 126 valence electrons. The van der Waals surface area contributed by atoms with Gasteiger partial charge in [-0.1, -0.05) is 6.07 Å². The van der Waals surface area contributed by atoms with Crippen molar-refractivity contribution in [3.05, 3.63) is 46.0 Å². The van der Waals surface area contributed by atoms with E-state index in [-0.39, 0.29) is 5.56 Å². The van der Waals surface area contributed by atoms with E-state index in [1.807, 2.05) is 25.3 Å². The van der Waals surface area contributed by atoms with Crippen molar-refractivity contribution in [1.82, 2.24) is 9.38 Å². The van der Waals surface area contributed by atoms with Crippen LogP contribution < -0.4 is 5.56 Å². The lowest BCUT2D eigenvalue weighted by molar-refractivity contribution is 0.0383. The summed E-state index contributed by atoms with van der Waals surface area (Å²) in [6.07, 6.45) is 10.4. The van der Waals surface area contributed by atoms with Gasteiger partial charge in [0, 0.05) is 22.8 Å². The minimum absolute atomic E-state index is 0.0461. The maximum atomic E-state index is 12.4. The molecule has 0 atom stereocenters. The highest BCUT2D eigenvalue weighted by atomic mass is 32.2. The first-order valence-electron chi connectivity index (χ1n) is 9.22. The second kappa shape index (κ2) is 5.35. The summed E-state index contributed by atoms with van der Waals surface area (Å²) < 4.78 is 2.14. The molecule has 0 spiro atoms. The van der Waals surface area contributed by atoms with Gasteiger partial charge in [0.15, 0.2) is 0 Å². The van der Waals surface area contributed by atoms with Crippen LogP contribution in [-0.4, -0.2) is 14.1 Å². The van der Waals surface area contributed by atoms with Crippen molar-refractivity contribution in [2.24, 2.45) is 17.8 Å². The largest absolute Gasteiger partial charge is 0.269 e. The number of hydrogen-bond acceptors (Lipinski definition) is 3. The topological polar surface area (TPSA) is 34.4 Å². The molecule has 4 saturated carbocycles. The lowest BCUT2D eigenvalue weighted by Gasteiger charge is -2.56. The third-order valence-electron chi connectivity index (χ3n) is 6.45. The Balaban J connectivity index is 1.42. The molecule has 6 rings (SSSR count). The molecule has 0 amide bonds. The Labute approximate surface area is 146 Å². The van der Waals surface area contributed by atoms with Gasteiger partial charge in [-0.3, -0.25) is 9.20 Å². The van der Waals surface area contributed by atoms with Crippen molar-refractivity contribution in [3.63, 3.8) is 0 Å². The van der Waals surface area contributed by atoms with Crippen LogP contribution >= 0.6 is 11.8 Å². The molecule has 2 aromatic heterocycles. The molecular weight excluding hydrogens is 316 g/mol. The molecule has 0 N–H and O–H groups in total. The molecule has 3 nitrogen and oxygen atoms in total. The van der Waals surface area contributed by atoms with Crippen molar-refractivity contribution < 1.29 is 0 Å². The molecule has 0 saturated heterocycles. The first-order valence-corrected chi connectivity index (χ1v) is 10.2. The van der Waals surface area contributed by atoms with Crippen molar-refractivity contribution in [3.8, 4) is 0 Å². The Kier molecular flexibility index (Phi) is 3.35. The number of thioether (sulfide) groups is 1. The average molecular weight is 340 g/mol. The van der Waals surface area contributed by atoms with Crippen LogP contribution in [0.2, 0.25) is 0 Å². The molecule has 4 fully saturated rings. The number of nitrogens with zero attached hydrogens (tertiary/aromatic N) is 2. The summed E-state index contributed by atoms with van der Waals surface area (Å²) in [5, 5.41) is 0. The normalized spacial score (nSPS) is 34.1. The van der Waals surface area contributed by atoms with Crippen LogP contribution in [-0.2, 0) is 5.75 Å². The van der Waals surface area contributed by atoms with Crippen LogP contribution in [0, 0.1) is 24.7 Å². The van der Waals surface area contributed by atoms with Gasteiger partial charge in [0.05, 0.1) is 5.69 Å². The minimum Gasteiger partial charge on any atom is -0.269 e. The number of pyridine rings is 1. The van der Waals surface area contributed by atoms with Crippen molar-refractivity contribution in [1.29, 1.82) is 0 Å². The molecule has 0 radical (unpaired) electrons. The first kappa shape index (κ1) is 15.0. The van der Waals surface area contributed by atoms with Gasteiger partial charge in [0.1, 0.15) is 5.65 Å². The summed E-state index contributed by atoms with van der Waals surface area (Å²) in [5.41, 5.74) is 2.88. The van der Waals surface area contributed by atoms with Crippen molar-refractivity contribution in [2.75, 3.05) is 0 Å². The summed E-state index contributed by atoms with van der Waals surface area (Å²) in [5.74, 6) is 3.80. The van der Waals surface area contributed by atoms with Crippen molar-refractivity contribution in [2.45, 2.75) is 55.9 Å². The SMILES string of the molecule is Cc1cccn2c(=O)cc(CSC34CC5CC(CC(C5)C3)C4)nc12. The van der Waals surface area contributed by atoms with E-state index >= 15 is 0 Å². The highest BCUT2D eigenvalue weighted by Crippen LogP contribution is 2.60. The van der Waals surface area contributed by atoms with Gasteiger partial charge >= 0.3 is 0 Å². The molecule has 24 heavy (non-hydrogen) atoms. The summed E-state index contributed by atoms with van der Waals surface area (Å²) in [4.78, 5) is 17.2. The van der Waals surface area contributed by atoms with E-state index in [9.17, 15) is 4.79 Å². The first-order chi connectivity index (χ1) is 11.6. The lowest BCUT2D eigenvalue weighted by atomic mass is 9.56. The van der Waals surface area contributed by atoms with E-state index in [2.05, 4.69) is 11.8 Å². The van der Waals surface area contributed by atoms with Crippen molar-refractivity contribution >= 4 is 17.4 Å². The number of aromatic nitrogens is 2. The Bertz CT molecular complexity index is 821.